The van der Waals surface area contributed by atoms with E-state index in [1.54, 1.807) is 6.92 Å². The fourth-order valence-electron chi connectivity index (χ4n) is 1.77. The number of hydrogen-bond acceptors (Lipinski definition) is 2. The number of nitrogens with zero attached hydrogens (tertiary/aromatic N) is 2. The van der Waals surface area contributed by atoms with Crippen LogP contribution in [0.1, 0.15) is 17.3 Å². The third kappa shape index (κ3) is 2.59. The topological polar surface area (TPSA) is 43.8 Å². The van der Waals surface area contributed by atoms with Crippen LogP contribution >= 0.6 is 11.6 Å². The first-order chi connectivity index (χ1) is 8.91. The number of alkyl halides is 2. The summed E-state index contributed by atoms with van der Waals surface area (Å²) in [5.41, 5.74) is 6.30. The quantitative estimate of drug-likeness (QED) is 0.943. The van der Waals surface area contributed by atoms with Crippen molar-refractivity contribution in [2.24, 2.45) is 5.73 Å². The zero-order valence-corrected chi connectivity index (χ0v) is 10.7. The molecule has 0 saturated heterocycles. The van der Waals surface area contributed by atoms with Gasteiger partial charge in [-0.05, 0) is 31.2 Å². The van der Waals surface area contributed by atoms with Crippen LogP contribution in [0.2, 0.25) is 5.15 Å². The molecule has 1 atom stereocenters. The molecule has 1 heterocycles. The summed E-state index contributed by atoms with van der Waals surface area (Å²) in [5.74, 6) is -0.409. The average Bonchev–Trinajstić information content (AvgIpc) is 2.65. The Kier molecular flexibility index (Phi) is 3.82. The maximum atomic E-state index is 12.8. The van der Waals surface area contributed by atoms with Gasteiger partial charge in [0.2, 0.25) is 0 Å². The van der Waals surface area contributed by atoms with E-state index < -0.39 is 18.3 Å². The summed E-state index contributed by atoms with van der Waals surface area (Å²) in [5, 5.41) is 4.07. The third-order valence-electron chi connectivity index (χ3n) is 2.72. The molecule has 3 nitrogen and oxygen atoms in total. The Bertz CT molecular complexity index is 581. The molecule has 0 amide bonds. The highest BCUT2D eigenvalue weighted by Gasteiger charge is 2.26. The Morgan fingerprint density at radius 1 is 1.26 bits per heavy atom. The van der Waals surface area contributed by atoms with E-state index in [1.165, 1.54) is 28.9 Å². The van der Waals surface area contributed by atoms with Gasteiger partial charge in [-0.25, -0.2) is 17.9 Å². The van der Waals surface area contributed by atoms with Gasteiger partial charge in [-0.3, -0.25) is 0 Å². The Morgan fingerprint density at radius 2 is 1.84 bits per heavy atom. The first-order valence-electron chi connectivity index (χ1n) is 5.46. The number of benzene rings is 1. The molecule has 0 fully saturated rings. The van der Waals surface area contributed by atoms with Crippen molar-refractivity contribution in [2.75, 3.05) is 0 Å². The highest BCUT2D eigenvalue weighted by molar-refractivity contribution is 6.30. The van der Waals surface area contributed by atoms with E-state index in [2.05, 4.69) is 5.10 Å². The Hall–Kier alpha value is -1.53. The number of hydrogen-bond donors (Lipinski definition) is 1. The van der Waals surface area contributed by atoms with Crippen molar-refractivity contribution in [1.82, 2.24) is 9.78 Å². The molecule has 7 heteroatoms. The second-order valence-electron chi connectivity index (χ2n) is 4.04. The number of aryl methyl sites for hydroxylation is 1. The van der Waals surface area contributed by atoms with Gasteiger partial charge in [0.25, 0.3) is 6.43 Å². The summed E-state index contributed by atoms with van der Waals surface area (Å²) in [6.07, 6.45) is -2.73. The zero-order chi connectivity index (χ0) is 14.2. The second kappa shape index (κ2) is 5.22. The smallest absolute Gasteiger partial charge is 0.257 e. The van der Waals surface area contributed by atoms with E-state index in [0.29, 0.717) is 11.4 Å². The molecule has 0 spiro atoms. The van der Waals surface area contributed by atoms with Gasteiger partial charge in [0.05, 0.1) is 17.4 Å². The predicted molar refractivity (Wildman–Crippen MR) is 66.2 cm³/mol. The van der Waals surface area contributed by atoms with Crippen LogP contribution in [-0.2, 0) is 0 Å². The van der Waals surface area contributed by atoms with Crippen molar-refractivity contribution in [1.29, 1.82) is 0 Å². The number of aromatic nitrogens is 2. The summed E-state index contributed by atoms with van der Waals surface area (Å²) < 4.78 is 39.4. The normalized spacial score (nSPS) is 13.0. The lowest BCUT2D eigenvalue weighted by atomic mass is 10.1. The molecule has 2 rings (SSSR count). The summed E-state index contributed by atoms with van der Waals surface area (Å²) in [6.45, 7) is 1.55. The largest absolute Gasteiger partial charge is 0.319 e. The molecule has 19 heavy (non-hydrogen) atoms. The van der Waals surface area contributed by atoms with Gasteiger partial charge in [-0.1, -0.05) is 11.6 Å². The predicted octanol–water partition coefficient (Wildman–Crippen LogP) is 3.24. The maximum absolute atomic E-state index is 12.8. The molecule has 0 aliphatic rings. The van der Waals surface area contributed by atoms with Crippen LogP contribution in [0.5, 0.6) is 0 Å². The highest BCUT2D eigenvalue weighted by atomic mass is 35.5. The second-order valence-corrected chi connectivity index (χ2v) is 4.40. The van der Waals surface area contributed by atoms with Crippen LogP contribution in [0.3, 0.4) is 0 Å². The number of rotatable bonds is 3. The van der Waals surface area contributed by atoms with Crippen LogP contribution in [0.4, 0.5) is 13.2 Å². The number of nitrogens with two attached hydrogens (primary N) is 1. The molecule has 0 saturated carbocycles. The minimum atomic E-state index is -2.73. The lowest BCUT2D eigenvalue weighted by Crippen LogP contribution is -2.19. The monoisotopic (exact) mass is 289 g/mol. The summed E-state index contributed by atoms with van der Waals surface area (Å²) >= 11 is 6.04. The molecular weight excluding hydrogens is 279 g/mol. The lowest BCUT2D eigenvalue weighted by Gasteiger charge is -2.10. The minimum absolute atomic E-state index is 0.0110. The standard InChI is InChI=1S/C12H11ClF3N3/c1-6-9(10(17)12(15)16)11(13)19(18-6)8-4-2-7(14)3-5-8/h2-5,10,12H,17H2,1H3. The summed E-state index contributed by atoms with van der Waals surface area (Å²) in [6, 6.07) is 3.86. The molecule has 0 radical (unpaired) electrons. The van der Waals surface area contributed by atoms with E-state index in [0.717, 1.165) is 0 Å². The van der Waals surface area contributed by atoms with E-state index in [1.807, 2.05) is 0 Å². The van der Waals surface area contributed by atoms with Crippen LogP contribution in [0.25, 0.3) is 5.69 Å². The molecular formula is C12H11ClF3N3. The van der Waals surface area contributed by atoms with E-state index in [-0.39, 0.29) is 10.7 Å². The van der Waals surface area contributed by atoms with Gasteiger partial charge >= 0.3 is 0 Å². The van der Waals surface area contributed by atoms with Crippen LogP contribution in [-0.4, -0.2) is 16.2 Å². The molecule has 1 aromatic heterocycles. The van der Waals surface area contributed by atoms with Gasteiger partial charge in [0.1, 0.15) is 11.0 Å². The molecule has 1 unspecified atom stereocenters. The van der Waals surface area contributed by atoms with Gasteiger partial charge in [-0.2, -0.15) is 5.10 Å². The fraction of sp³-hybridized carbons (Fsp3) is 0.250. The highest BCUT2D eigenvalue weighted by Crippen LogP contribution is 2.30. The fourth-order valence-corrected chi connectivity index (χ4v) is 2.17. The first-order valence-corrected chi connectivity index (χ1v) is 5.84. The Balaban J connectivity index is 2.49. The maximum Gasteiger partial charge on any atom is 0.257 e. The van der Waals surface area contributed by atoms with Crippen molar-refractivity contribution in [2.45, 2.75) is 19.4 Å². The molecule has 0 aliphatic heterocycles. The lowest BCUT2D eigenvalue weighted by molar-refractivity contribution is 0.116. The van der Waals surface area contributed by atoms with E-state index >= 15 is 0 Å². The SMILES string of the molecule is Cc1nn(-c2ccc(F)cc2)c(Cl)c1C(N)C(F)F. The molecule has 2 aromatic rings. The molecule has 2 N–H and O–H groups in total. The Labute approximate surface area is 112 Å². The van der Waals surface area contributed by atoms with Crippen molar-refractivity contribution >= 4 is 11.6 Å². The molecule has 0 bridgehead atoms. The van der Waals surface area contributed by atoms with Crippen molar-refractivity contribution in [3.63, 3.8) is 0 Å². The van der Waals surface area contributed by atoms with Crippen LogP contribution in [0.15, 0.2) is 24.3 Å². The van der Waals surface area contributed by atoms with Crippen molar-refractivity contribution in [3.05, 3.63) is 46.5 Å². The van der Waals surface area contributed by atoms with Crippen LogP contribution < -0.4 is 5.73 Å². The molecule has 1 aromatic carbocycles. The number of halogens is 4. The first kappa shape index (κ1) is 13.9. The third-order valence-corrected chi connectivity index (χ3v) is 3.09. The molecule has 0 aliphatic carbocycles. The van der Waals surface area contributed by atoms with Gasteiger partial charge in [-0.15, -0.1) is 0 Å². The summed E-state index contributed by atoms with van der Waals surface area (Å²) in [4.78, 5) is 0. The van der Waals surface area contributed by atoms with Gasteiger partial charge in [0, 0.05) is 5.56 Å². The zero-order valence-electron chi connectivity index (χ0n) is 9.95. The molecule has 102 valence electrons. The van der Waals surface area contributed by atoms with E-state index in [9.17, 15) is 13.2 Å². The summed E-state index contributed by atoms with van der Waals surface area (Å²) in [7, 11) is 0. The van der Waals surface area contributed by atoms with Gasteiger partial charge in [0.15, 0.2) is 0 Å². The van der Waals surface area contributed by atoms with Crippen molar-refractivity contribution in [3.8, 4) is 5.69 Å². The van der Waals surface area contributed by atoms with Gasteiger partial charge < -0.3 is 5.73 Å². The van der Waals surface area contributed by atoms with Crippen molar-refractivity contribution < 1.29 is 13.2 Å². The van der Waals surface area contributed by atoms with E-state index in [4.69, 9.17) is 17.3 Å². The Morgan fingerprint density at radius 3 is 2.37 bits per heavy atom. The average molecular weight is 290 g/mol. The van der Waals surface area contributed by atoms with Crippen LogP contribution in [0, 0.1) is 12.7 Å². The minimum Gasteiger partial charge on any atom is -0.319 e.